The predicted molar refractivity (Wildman–Crippen MR) is 69.8 cm³/mol. The highest BCUT2D eigenvalue weighted by atomic mass is 35.5. The first kappa shape index (κ1) is 13.5. The van der Waals surface area contributed by atoms with Crippen LogP contribution in [0.2, 0.25) is 5.15 Å². The lowest BCUT2D eigenvalue weighted by molar-refractivity contribution is 0.0576. The van der Waals surface area contributed by atoms with Gasteiger partial charge in [0.1, 0.15) is 17.3 Å². The lowest BCUT2D eigenvalue weighted by Crippen LogP contribution is -2.32. The Kier molecular flexibility index (Phi) is 4.74. The Bertz CT molecular complexity index is 397. The molecule has 0 amide bonds. The molecule has 2 rings (SSSR count). The number of aliphatic hydroxyl groups excluding tert-OH is 1. The molecular weight excluding hydrogens is 254 g/mol. The van der Waals surface area contributed by atoms with Crippen LogP contribution in [0.4, 0.5) is 5.82 Å². The molecule has 0 aliphatic carbocycles. The number of nitrogens with zero attached hydrogens (tertiary/aromatic N) is 3. The molecule has 1 N–H and O–H groups in total. The number of hydrogen-bond acceptors (Lipinski definition) is 5. The molecule has 1 aliphatic rings. The van der Waals surface area contributed by atoms with E-state index in [0.29, 0.717) is 22.5 Å². The summed E-state index contributed by atoms with van der Waals surface area (Å²) in [6, 6.07) is 0. The van der Waals surface area contributed by atoms with Gasteiger partial charge in [-0.2, -0.15) is 0 Å². The van der Waals surface area contributed by atoms with E-state index in [2.05, 4.69) is 9.97 Å². The Morgan fingerprint density at radius 3 is 3.06 bits per heavy atom. The number of aromatic nitrogens is 2. The molecular formula is C12H18ClN3O2. The average Bonchev–Trinajstić information content (AvgIpc) is 2.39. The van der Waals surface area contributed by atoms with E-state index >= 15 is 0 Å². The monoisotopic (exact) mass is 271 g/mol. The number of anilines is 1. The van der Waals surface area contributed by atoms with E-state index in [1.54, 1.807) is 0 Å². The van der Waals surface area contributed by atoms with Gasteiger partial charge < -0.3 is 14.7 Å². The zero-order valence-electron chi connectivity index (χ0n) is 10.5. The average molecular weight is 272 g/mol. The maximum Gasteiger partial charge on any atom is 0.140 e. The molecule has 1 aliphatic heterocycles. The van der Waals surface area contributed by atoms with Gasteiger partial charge in [-0.15, -0.1) is 0 Å². The molecule has 1 fully saturated rings. The van der Waals surface area contributed by atoms with Crippen molar-refractivity contribution >= 4 is 17.4 Å². The minimum Gasteiger partial charge on any atom is -0.391 e. The summed E-state index contributed by atoms with van der Waals surface area (Å²) in [5.41, 5.74) is 0.582. The lowest BCUT2D eigenvalue weighted by atomic mass is 10.0. The smallest absolute Gasteiger partial charge is 0.140 e. The van der Waals surface area contributed by atoms with Crippen LogP contribution in [0.15, 0.2) is 6.33 Å². The van der Waals surface area contributed by atoms with Crippen molar-refractivity contribution in [1.29, 1.82) is 0 Å². The van der Waals surface area contributed by atoms with Crippen molar-refractivity contribution in [3.63, 3.8) is 0 Å². The quantitative estimate of drug-likeness (QED) is 0.841. The maximum absolute atomic E-state index is 9.34. The summed E-state index contributed by atoms with van der Waals surface area (Å²) < 4.78 is 5.46. The minimum atomic E-state index is -0.152. The van der Waals surface area contributed by atoms with Gasteiger partial charge in [-0.05, 0) is 18.8 Å². The van der Waals surface area contributed by atoms with Gasteiger partial charge in [0.2, 0.25) is 0 Å². The molecule has 6 heteroatoms. The van der Waals surface area contributed by atoms with E-state index in [9.17, 15) is 5.11 Å². The van der Waals surface area contributed by atoms with Crippen LogP contribution in [-0.2, 0) is 11.3 Å². The number of halogens is 1. The molecule has 1 unspecified atom stereocenters. The van der Waals surface area contributed by atoms with Gasteiger partial charge in [0.25, 0.3) is 0 Å². The number of hydrogen-bond donors (Lipinski definition) is 1. The molecule has 0 aromatic carbocycles. The zero-order chi connectivity index (χ0) is 13.0. The highest BCUT2D eigenvalue weighted by molar-refractivity contribution is 6.30. The highest BCUT2D eigenvalue weighted by Gasteiger charge is 2.19. The maximum atomic E-state index is 9.34. The first-order chi connectivity index (χ1) is 8.72. The van der Waals surface area contributed by atoms with Gasteiger partial charge in [-0.1, -0.05) is 11.6 Å². The number of ether oxygens (including phenoxy) is 1. The largest absolute Gasteiger partial charge is 0.391 e. The van der Waals surface area contributed by atoms with Crippen molar-refractivity contribution in [3.8, 4) is 0 Å². The van der Waals surface area contributed by atoms with Crippen molar-refractivity contribution < 1.29 is 9.84 Å². The van der Waals surface area contributed by atoms with Crippen LogP contribution in [0, 0.1) is 5.92 Å². The fourth-order valence-corrected chi connectivity index (χ4v) is 2.46. The van der Waals surface area contributed by atoms with Gasteiger partial charge in [0, 0.05) is 20.2 Å². The van der Waals surface area contributed by atoms with Crippen molar-refractivity contribution in [2.24, 2.45) is 5.92 Å². The topological polar surface area (TPSA) is 58.5 Å². The summed E-state index contributed by atoms with van der Waals surface area (Å²) in [4.78, 5) is 10.1. The molecule has 1 saturated heterocycles. The lowest BCUT2D eigenvalue weighted by Gasteiger charge is -2.28. The third-order valence-corrected chi connectivity index (χ3v) is 3.50. The van der Waals surface area contributed by atoms with Crippen molar-refractivity contribution in [1.82, 2.24) is 9.97 Å². The van der Waals surface area contributed by atoms with Crippen LogP contribution in [0.3, 0.4) is 0 Å². The second-order valence-electron chi connectivity index (χ2n) is 4.59. The number of rotatable bonds is 4. The molecule has 0 saturated carbocycles. The molecule has 1 aromatic heterocycles. The summed E-state index contributed by atoms with van der Waals surface area (Å²) in [6.45, 7) is 2.35. The molecule has 100 valence electrons. The standard InChI is InChI=1S/C12H18ClN3O2/c1-16(5-9-3-2-4-18-7-9)12-10(6-17)11(13)14-8-15-12/h8-9,17H,2-7H2,1H3. The third-order valence-electron chi connectivity index (χ3n) is 3.18. The van der Waals surface area contributed by atoms with Gasteiger partial charge in [0.05, 0.1) is 18.8 Å². The Morgan fingerprint density at radius 1 is 1.56 bits per heavy atom. The van der Waals surface area contributed by atoms with E-state index in [4.69, 9.17) is 16.3 Å². The Morgan fingerprint density at radius 2 is 2.39 bits per heavy atom. The summed E-state index contributed by atoms with van der Waals surface area (Å²) in [5, 5.41) is 9.65. The van der Waals surface area contributed by atoms with Gasteiger partial charge in [0.15, 0.2) is 0 Å². The van der Waals surface area contributed by atoms with E-state index in [1.165, 1.54) is 6.33 Å². The van der Waals surface area contributed by atoms with Crippen LogP contribution in [0.25, 0.3) is 0 Å². The Hall–Kier alpha value is -0.910. The number of aliphatic hydroxyl groups is 1. The van der Waals surface area contributed by atoms with E-state index < -0.39 is 0 Å². The fourth-order valence-electron chi connectivity index (χ4n) is 2.27. The fraction of sp³-hybridized carbons (Fsp3) is 0.667. The van der Waals surface area contributed by atoms with Crippen LogP contribution in [0.1, 0.15) is 18.4 Å². The van der Waals surface area contributed by atoms with E-state index in [-0.39, 0.29) is 6.61 Å². The van der Waals surface area contributed by atoms with Crippen LogP contribution in [-0.4, -0.2) is 41.9 Å². The molecule has 1 atom stereocenters. The molecule has 0 spiro atoms. The summed E-state index contributed by atoms with van der Waals surface area (Å²) >= 11 is 5.95. The van der Waals surface area contributed by atoms with Crippen molar-refractivity contribution in [2.45, 2.75) is 19.4 Å². The Labute approximate surface area is 112 Å². The van der Waals surface area contributed by atoms with E-state index in [0.717, 1.165) is 32.6 Å². The van der Waals surface area contributed by atoms with Crippen molar-refractivity contribution in [3.05, 3.63) is 17.0 Å². The molecule has 2 heterocycles. The van der Waals surface area contributed by atoms with Crippen LogP contribution in [0.5, 0.6) is 0 Å². The first-order valence-electron chi connectivity index (χ1n) is 6.11. The second-order valence-corrected chi connectivity index (χ2v) is 4.95. The molecule has 1 aromatic rings. The minimum absolute atomic E-state index is 0.152. The van der Waals surface area contributed by atoms with Crippen LogP contribution < -0.4 is 4.90 Å². The first-order valence-corrected chi connectivity index (χ1v) is 6.49. The third kappa shape index (κ3) is 3.10. The van der Waals surface area contributed by atoms with Gasteiger partial charge >= 0.3 is 0 Å². The SMILES string of the molecule is CN(CC1CCCOC1)c1ncnc(Cl)c1CO. The van der Waals surface area contributed by atoms with Crippen LogP contribution >= 0.6 is 11.6 Å². The molecule has 0 bridgehead atoms. The second kappa shape index (κ2) is 6.31. The van der Waals surface area contributed by atoms with Gasteiger partial charge in [-0.3, -0.25) is 0 Å². The summed E-state index contributed by atoms with van der Waals surface area (Å²) in [7, 11) is 1.95. The predicted octanol–water partition coefficient (Wildman–Crippen LogP) is 1.49. The molecule has 18 heavy (non-hydrogen) atoms. The summed E-state index contributed by atoms with van der Waals surface area (Å²) in [5.74, 6) is 1.20. The Balaban J connectivity index is 2.07. The highest BCUT2D eigenvalue weighted by Crippen LogP contribution is 2.24. The van der Waals surface area contributed by atoms with E-state index in [1.807, 2.05) is 11.9 Å². The summed E-state index contributed by atoms with van der Waals surface area (Å²) in [6.07, 6.45) is 3.69. The molecule has 5 nitrogen and oxygen atoms in total. The van der Waals surface area contributed by atoms with Crippen molar-refractivity contribution in [2.75, 3.05) is 31.7 Å². The molecule has 0 radical (unpaired) electrons. The zero-order valence-corrected chi connectivity index (χ0v) is 11.2. The van der Waals surface area contributed by atoms with Gasteiger partial charge in [-0.25, -0.2) is 9.97 Å². The normalized spacial score (nSPS) is 19.8.